The number of aliphatic hydroxyl groups is 2. The molecule has 0 aliphatic heterocycles. The number of unbranched alkanes of at least 4 members (excludes halogenated alkanes) is 18. The fourth-order valence-corrected chi connectivity index (χ4v) is 8.31. The Morgan fingerprint density at radius 2 is 0.744 bits per heavy atom. The normalized spacial score (nSPS) is 10.0. The van der Waals surface area contributed by atoms with E-state index in [-0.39, 0.29) is 34.0 Å². The van der Waals surface area contributed by atoms with Crippen LogP contribution in [0.2, 0.25) is 8.87 Å². The Morgan fingerprint density at radius 3 is 0.953 bits per heavy atom. The van der Waals surface area contributed by atoms with Crippen LogP contribution in [0.3, 0.4) is 0 Å². The Hall–Kier alpha value is -0.341. The third-order valence-corrected chi connectivity index (χ3v) is 11.0. The topological polar surface area (TPSA) is 121 Å². The zero-order valence-corrected chi connectivity index (χ0v) is 32.3. The molecule has 0 heterocycles. The van der Waals surface area contributed by atoms with Crippen molar-refractivity contribution in [2.75, 3.05) is 0 Å². The van der Waals surface area contributed by atoms with Crippen molar-refractivity contribution in [1.82, 2.24) is 0 Å². The first-order valence-corrected chi connectivity index (χ1v) is 22.2. The van der Waals surface area contributed by atoms with Crippen LogP contribution >= 0.6 is 0 Å². The Balaban J connectivity index is -0.000000247. The van der Waals surface area contributed by atoms with E-state index in [2.05, 4.69) is 27.7 Å². The summed E-state index contributed by atoms with van der Waals surface area (Å²) < 4.78 is 3.25. The fourth-order valence-electron chi connectivity index (χ4n) is 4.15. The zero-order valence-electron chi connectivity index (χ0n) is 29.4. The van der Waals surface area contributed by atoms with E-state index in [4.69, 9.17) is 10.2 Å². The molecule has 0 unspecified atom stereocenters. The molecular weight excluding hydrogens is 647 g/mol. The summed E-state index contributed by atoms with van der Waals surface area (Å²) in [5.41, 5.74) is 0. The summed E-state index contributed by atoms with van der Waals surface area (Å²) in [4.78, 5) is 20.2. The second-order valence-corrected chi connectivity index (χ2v) is 15.9. The molecule has 0 aliphatic rings. The summed E-state index contributed by atoms with van der Waals surface area (Å²) in [5, 5.41) is 36.4. The van der Waals surface area contributed by atoms with Gasteiger partial charge in [0, 0.05) is 11.9 Å². The van der Waals surface area contributed by atoms with Gasteiger partial charge in [-0.25, -0.2) is 0 Å². The predicted molar refractivity (Wildman–Crippen MR) is 182 cm³/mol. The van der Waals surface area contributed by atoms with Crippen LogP contribution in [0.5, 0.6) is 0 Å². The minimum atomic E-state index is -1.10. The summed E-state index contributed by atoms with van der Waals surface area (Å²) in [7, 11) is 0. The molecule has 0 atom stereocenters. The van der Waals surface area contributed by atoms with Gasteiger partial charge in [-0.1, -0.05) is 130 Å². The van der Waals surface area contributed by atoms with Crippen molar-refractivity contribution in [3.63, 3.8) is 0 Å². The molecule has 0 saturated carbocycles. The van der Waals surface area contributed by atoms with Crippen molar-refractivity contribution >= 4 is 33.1 Å². The van der Waals surface area contributed by atoms with E-state index < -0.39 is 18.2 Å². The van der Waals surface area contributed by atoms with Gasteiger partial charge in [0.2, 0.25) is 0 Å². The predicted octanol–water partition coefficient (Wildman–Crippen LogP) is 8.54. The van der Waals surface area contributed by atoms with Crippen LogP contribution in [-0.2, 0) is 9.59 Å². The molecule has 0 saturated heterocycles. The molecule has 0 aromatic heterocycles. The van der Waals surface area contributed by atoms with Crippen molar-refractivity contribution < 1.29 is 30.0 Å². The van der Waals surface area contributed by atoms with Gasteiger partial charge in [-0.15, -0.1) is 0 Å². The number of hydrogen-bond donors (Lipinski definition) is 2. The van der Waals surface area contributed by atoms with Gasteiger partial charge in [0.05, 0.1) is 0 Å². The quantitative estimate of drug-likeness (QED) is 0.0475. The molecule has 0 bridgehead atoms. The second kappa shape index (κ2) is 48.6. The van der Waals surface area contributed by atoms with Gasteiger partial charge in [-0.05, 0) is 32.1 Å². The third-order valence-electron chi connectivity index (χ3n) is 6.93. The molecule has 43 heavy (non-hydrogen) atoms. The van der Waals surface area contributed by atoms with Crippen LogP contribution < -0.4 is 10.2 Å². The number of carbonyl (C=O) groups excluding carboxylic acids is 2. The first-order valence-electron chi connectivity index (χ1n) is 18.2. The molecule has 0 fully saturated rings. The molecule has 0 radical (unpaired) electrons. The first kappa shape index (κ1) is 49.5. The first-order chi connectivity index (χ1) is 20.7. The summed E-state index contributed by atoms with van der Waals surface area (Å²) in [6.07, 6.45) is 28.4. The number of carbonyl (C=O) groups is 2. The number of aliphatic carboxylic acids is 2. The van der Waals surface area contributed by atoms with Crippen LogP contribution in [0.4, 0.5) is 0 Å². The number of rotatable bonds is 28. The van der Waals surface area contributed by atoms with Crippen molar-refractivity contribution in [3.05, 3.63) is 0 Å². The van der Waals surface area contributed by atoms with Crippen molar-refractivity contribution in [1.29, 1.82) is 0 Å². The minimum absolute atomic E-state index is 0.149. The van der Waals surface area contributed by atoms with Gasteiger partial charge in [-0.2, -0.15) is 0 Å². The molecule has 6 nitrogen and oxygen atoms in total. The van der Waals surface area contributed by atoms with Crippen LogP contribution in [0.15, 0.2) is 0 Å². The summed E-state index contributed by atoms with van der Waals surface area (Å²) in [6, 6.07) is 0. The fraction of sp³-hybridized carbons (Fsp3) is 0.944. The van der Waals surface area contributed by atoms with Crippen LogP contribution in [-0.4, -0.2) is 49.6 Å². The Morgan fingerprint density at radius 1 is 0.465 bits per heavy atom. The zero-order chi connectivity index (χ0) is 33.2. The second-order valence-electron chi connectivity index (χ2n) is 11.6. The van der Waals surface area contributed by atoms with Crippen LogP contribution in [0.25, 0.3) is 0 Å². The monoisotopic (exact) mass is 722 g/mol. The van der Waals surface area contributed by atoms with Crippen LogP contribution in [0, 0.1) is 0 Å². The molecule has 0 rings (SSSR count). The van der Waals surface area contributed by atoms with Crippen LogP contribution in [0.1, 0.15) is 202 Å². The van der Waals surface area contributed by atoms with Gasteiger partial charge in [0.1, 0.15) is 0 Å². The summed E-state index contributed by atoms with van der Waals surface area (Å²) >= 11 is 0.149. The third kappa shape index (κ3) is 69.7. The van der Waals surface area contributed by atoms with Gasteiger partial charge in [-0.3, -0.25) is 0 Å². The van der Waals surface area contributed by atoms with E-state index in [1.807, 2.05) is 6.92 Å². The summed E-state index contributed by atoms with van der Waals surface area (Å²) in [5.74, 6) is -1.82. The molecule has 0 spiro atoms. The molecule has 0 amide bonds. The molecule has 0 aromatic rings. The van der Waals surface area contributed by atoms with Crippen molar-refractivity contribution in [3.8, 4) is 0 Å². The summed E-state index contributed by atoms with van der Waals surface area (Å²) in [6.45, 7) is 10.9. The number of hydrogen-bond acceptors (Lipinski definition) is 6. The van der Waals surface area contributed by atoms with E-state index in [9.17, 15) is 19.8 Å². The van der Waals surface area contributed by atoms with Gasteiger partial charge < -0.3 is 30.0 Å². The van der Waals surface area contributed by atoms with E-state index >= 15 is 0 Å². The molecule has 258 valence electrons. The van der Waals surface area contributed by atoms with Gasteiger partial charge in [0.15, 0.2) is 6.29 Å². The van der Waals surface area contributed by atoms with Crippen molar-refractivity contribution in [2.24, 2.45) is 0 Å². The SMILES string of the molecule is CCCC(O)O.CCCCCCCCCCCC(=O)[O-].CCCCCCCCCCCC(=O)[O-].CCC[CH2][Sn+2][CH2]CCC. The standard InChI is InChI=1S/2C12H24O2.C4H10O2.2C4H9.Sn/c2*1-2-3-4-5-6-7-8-9-10-11-12(13)14;1-2-3-4(5)6;2*1-3-4-2;/h2*2-11H2,1H3,(H,13,14);4-6H,2-3H2,1H3;2*1,3-4H2,2H3;/q;;;;;+2/p-2. The average molecular weight is 722 g/mol. The Bertz CT molecular complexity index is 464. The van der Waals surface area contributed by atoms with E-state index in [1.54, 1.807) is 8.87 Å². The molecule has 7 heteroatoms. The van der Waals surface area contributed by atoms with Crippen molar-refractivity contribution in [2.45, 2.75) is 217 Å². The Labute approximate surface area is 278 Å². The molecular formula is C36H74O6Sn. The molecule has 0 aliphatic carbocycles. The van der Waals surface area contributed by atoms with E-state index in [0.29, 0.717) is 6.42 Å². The maximum absolute atomic E-state index is 10.1. The maximum atomic E-state index is 10.1. The molecule has 2 N–H and O–H groups in total. The number of aliphatic hydroxyl groups excluding tert-OH is 1. The van der Waals surface area contributed by atoms with E-state index in [1.165, 1.54) is 116 Å². The molecule has 0 aromatic carbocycles. The van der Waals surface area contributed by atoms with Gasteiger partial charge >= 0.3 is 69.5 Å². The van der Waals surface area contributed by atoms with E-state index in [0.717, 1.165) is 32.1 Å². The number of carboxylic acids is 2. The Kier molecular flexibility index (Phi) is 55.9. The number of carboxylic acid groups (broad SMARTS) is 2. The van der Waals surface area contributed by atoms with Gasteiger partial charge in [0.25, 0.3) is 0 Å². The average Bonchev–Trinajstić information content (AvgIpc) is 2.96.